The van der Waals surface area contributed by atoms with Crippen LogP contribution in [0.25, 0.3) is 0 Å². The minimum absolute atomic E-state index is 0.176. The standard InChI is InChI=1S/C11H16NO2.ClH.Pd/c1-8-5-9(7-12(2)3)6-10(14-4)11(8)13;;/h5,13H,7H2,1-4H3;1H;/q-1;;+2/p-1. The van der Waals surface area contributed by atoms with Crippen molar-refractivity contribution in [2.75, 3.05) is 21.2 Å². The number of ether oxygens (including phenoxy) is 1. The van der Waals surface area contributed by atoms with Gasteiger partial charge in [-0.1, -0.05) is 6.92 Å². The SMILES string of the molecule is COc1[c-]c(CN(C)C)cc(C)c1O.[Cl][Pd+]. The van der Waals surface area contributed by atoms with Gasteiger partial charge in [0.05, 0.1) is 7.11 Å². The molecule has 0 aliphatic carbocycles. The number of nitrogens with zero attached hydrogens (tertiary/aromatic N) is 1. The summed E-state index contributed by atoms with van der Waals surface area (Å²) in [7, 11) is 10.00. The fourth-order valence-corrected chi connectivity index (χ4v) is 1.32. The van der Waals surface area contributed by atoms with Gasteiger partial charge in [-0.15, -0.1) is 17.2 Å². The van der Waals surface area contributed by atoms with Crippen molar-refractivity contribution in [1.29, 1.82) is 0 Å². The normalized spacial score (nSPS) is 9.75. The Morgan fingerprint density at radius 1 is 1.50 bits per heavy atom. The molecule has 1 N–H and O–H groups in total. The zero-order chi connectivity index (χ0) is 12.7. The summed E-state index contributed by atoms with van der Waals surface area (Å²) in [4.78, 5) is 2.04. The predicted molar refractivity (Wildman–Crippen MR) is 61.5 cm³/mol. The van der Waals surface area contributed by atoms with Crippen LogP contribution in [0.1, 0.15) is 11.1 Å². The number of halogens is 1. The quantitative estimate of drug-likeness (QED) is 0.679. The Balaban J connectivity index is 0.00000106. The number of aromatic hydroxyl groups is 1. The monoisotopic (exact) mass is 335 g/mol. The first kappa shape index (κ1) is 15.7. The van der Waals surface area contributed by atoms with Crippen LogP contribution in [0.5, 0.6) is 11.5 Å². The average Bonchev–Trinajstić information content (AvgIpc) is 2.25. The molecule has 0 aromatic heterocycles. The minimum atomic E-state index is 0.176. The molecule has 0 spiro atoms. The molecule has 0 atom stereocenters. The number of phenols is 1. The van der Waals surface area contributed by atoms with Crippen LogP contribution in [0, 0.1) is 13.0 Å². The van der Waals surface area contributed by atoms with Crippen LogP contribution >= 0.6 is 9.53 Å². The molecule has 16 heavy (non-hydrogen) atoms. The Kier molecular flexibility index (Phi) is 7.78. The molecular weight excluding hydrogens is 320 g/mol. The second-order valence-corrected chi connectivity index (χ2v) is 3.60. The fourth-order valence-electron chi connectivity index (χ4n) is 1.32. The molecule has 0 amide bonds. The summed E-state index contributed by atoms with van der Waals surface area (Å²) in [6.07, 6.45) is 0. The van der Waals surface area contributed by atoms with Gasteiger partial charge in [0.15, 0.2) is 0 Å². The molecule has 94 valence electrons. The number of hydrogen-bond acceptors (Lipinski definition) is 3. The van der Waals surface area contributed by atoms with Gasteiger partial charge in [-0.25, -0.2) is 0 Å². The number of aryl methyl sites for hydroxylation is 1. The molecule has 1 rings (SSSR count). The summed E-state index contributed by atoms with van der Waals surface area (Å²) in [5.41, 5.74) is 1.83. The molecule has 0 aliphatic rings. The van der Waals surface area contributed by atoms with Gasteiger partial charge in [0.1, 0.15) is 0 Å². The predicted octanol–water partition coefficient (Wildman–Crippen LogP) is 2.26. The fraction of sp³-hybridized carbons (Fsp3) is 0.455. The van der Waals surface area contributed by atoms with Crippen molar-refractivity contribution in [3.8, 4) is 11.5 Å². The van der Waals surface area contributed by atoms with Crippen molar-refractivity contribution in [3.63, 3.8) is 0 Å². The second-order valence-electron chi connectivity index (χ2n) is 3.60. The van der Waals surface area contributed by atoms with E-state index in [1.807, 2.05) is 32.0 Å². The first-order chi connectivity index (χ1) is 7.54. The van der Waals surface area contributed by atoms with Gasteiger partial charge in [0.2, 0.25) is 0 Å². The summed E-state index contributed by atoms with van der Waals surface area (Å²) in [6.45, 7) is 2.64. The molecule has 0 saturated carbocycles. The van der Waals surface area contributed by atoms with Crippen LogP contribution < -0.4 is 4.74 Å². The van der Waals surface area contributed by atoms with Crippen LogP contribution in [-0.2, 0) is 24.7 Å². The summed E-state index contributed by atoms with van der Waals surface area (Å²) in [5, 5.41) is 9.59. The molecule has 1 aromatic carbocycles. The second kappa shape index (κ2) is 7.92. The van der Waals surface area contributed by atoms with Gasteiger partial charge in [-0.3, -0.25) is 0 Å². The Labute approximate surface area is 112 Å². The van der Waals surface area contributed by atoms with Crippen LogP contribution in [0.2, 0.25) is 0 Å². The van der Waals surface area contributed by atoms with Crippen LogP contribution in [0.3, 0.4) is 0 Å². The van der Waals surface area contributed by atoms with Gasteiger partial charge >= 0.3 is 27.7 Å². The van der Waals surface area contributed by atoms with Crippen molar-refractivity contribution in [1.82, 2.24) is 4.90 Å². The molecule has 3 nitrogen and oxygen atoms in total. The zero-order valence-electron chi connectivity index (χ0n) is 9.78. The molecule has 0 aliphatic heterocycles. The number of hydrogen-bond donors (Lipinski definition) is 1. The maximum atomic E-state index is 9.59. The van der Waals surface area contributed by atoms with Crippen LogP contribution in [0.4, 0.5) is 0 Å². The molecule has 0 bridgehead atoms. The van der Waals surface area contributed by atoms with E-state index in [1.165, 1.54) is 7.11 Å². The Hall–Kier alpha value is -0.268. The Morgan fingerprint density at radius 3 is 2.50 bits per heavy atom. The van der Waals surface area contributed by atoms with Crippen molar-refractivity contribution >= 4 is 9.53 Å². The third kappa shape index (κ3) is 4.71. The van der Waals surface area contributed by atoms with E-state index in [2.05, 4.69) is 33.8 Å². The molecular formula is C11H16ClNO2Pd. The number of phenolic OH excluding ortho intramolecular Hbond substituents is 1. The molecule has 1 aromatic rings. The third-order valence-electron chi connectivity index (χ3n) is 1.94. The van der Waals surface area contributed by atoms with E-state index in [1.54, 1.807) is 0 Å². The van der Waals surface area contributed by atoms with Gasteiger partial charge < -0.3 is 14.7 Å². The summed E-state index contributed by atoms with van der Waals surface area (Å²) < 4.78 is 5.02. The van der Waals surface area contributed by atoms with E-state index in [0.717, 1.165) is 17.7 Å². The van der Waals surface area contributed by atoms with E-state index in [4.69, 9.17) is 4.74 Å². The summed E-state index contributed by atoms with van der Waals surface area (Å²) in [6, 6.07) is 4.94. The summed E-state index contributed by atoms with van der Waals surface area (Å²) >= 11 is 2.22. The molecule has 5 heteroatoms. The first-order valence-corrected chi connectivity index (χ1v) is 6.60. The van der Waals surface area contributed by atoms with E-state index in [-0.39, 0.29) is 5.75 Å². The van der Waals surface area contributed by atoms with Gasteiger partial charge in [0, 0.05) is 18.0 Å². The zero-order valence-corrected chi connectivity index (χ0v) is 12.1. The van der Waals surface area contributed by atoms with Gasteiger partial charge in [0.25, 0.3) is 0 Å². The van der Waals surface area contributed by atoms with Gasteiger partial charge in [-0.05, 0) is 14.1 Å². The van der Waals surface area contributed by atoms with E-state index in [0.29, 0.717) is 5.75 Å². The van der Waals surface area contributed by atoms with Gasteiger partial charge in [-0.2, -0.15) is 6.07 Å². The van der Waals surface area contributed by atoms with Crippen molar-refractivity contribution in [3.05, 3.63) is 23.3 Å². The van der Waals surface area contributed by atoms with Crippen molar-refractivity contribution < 1.29 is 28.0 Å². The number of methoxy groups -OCH3 is 1. The average molecular weight is 336 g/mol. The summed E-state index contributed by atoms with van der Waals surface area (Å²) in [5.74, 6) is 0.594. The molecule has 0 saturated heterocycles. The van der Waals surface area contributed by atoms with Crippen molar-refractivity contribution in [2.45, 2.75) is 13.5 Å². The van der Waals surface area contributed by atoms with Crippen LogP contribution in [-0.4, -0.2) is 31.2 Å². The third-order valence-corrected chi connectivity index (χ3v) is 1.94. The molecule has 0 heterocycles. The topological polar surface area (TPSA) is 32.7 Å². The number of rotatable bonds is 3. The maximum absolute atomic E-state index is 9.59. The first-order valence-electron chi connectivity index (χ1n) is 4.60. The molecule has 0 unspecified atom stereocenters. The van der Waals surface area contributed by atoms with E-state index < -0.39 is 0 Å². The van der Waals surface area contributed by atoms with E-state index in [9.17, 15) is 5.11 Å². The number of benzene rings is 1. The molecule has 0 fully saturated rings. The Bertz CT molecular complexity index is 332. The van der Waals surface area contributed by atoms with Crippen molar-refractivity contribution in [2.24, 2.45) is 0 Å². The van der Waals surface area contributed by atoms with Crippen LogP contribution in [0.15, 0.2) is 6.07 Å². The Morgan fingerprint density at radius 2 is 2.06 bits per heavy atom. The van der Waals surface area contributed by atoms with E-state index >= 15 is 0 Å². The molecule has 0 radical (unpaired) electrons.